The van der Waals surface area contributed by atoms with E-state index in [0.29, 0.717) is 12.1 Å². The van der Waals surface area contributed by atoms with E-state index in [1.807, 2.05) is 19.1 Å². The number of fused-ring (bicyclic) bond motifs is 2. The number of amides is 3. The van der Waals surface area contributed by atoms with Gasteiger partial charge in [-0.2, -0.15) is 13.2 Å². The first-order valence-electron chi connectivity index (χ1n) is 16.8. The van der Waals surface area contributed by atoms with Crippen LogP contribution in [-0.2, 0) is 27.5 Å². The molecule has 4 aromatic carbocycles. The lowest BCUT2D eigenvalue weighted by Gasteiger charge is -2.39. The Balaban J connectivity index is 0.000000352. The summed E-state index contributed by atoms with van der Waals surface area (Å²) >= 11 is 6.02. The van der Waals surface area contributed by atoms with Crippen LogP contribution in [0.4, 0.5) is 18.9 Å². The number of rotatable bonds is 10. The second-order valence-corrected chi connectivity index (χ2v) is 15.1. The molecule has 0 spiro atoms. The molecule has 3 amide bonds. The summed E-state index contributed by atoms with van der Waals surface area (Å²) in [5.74, 6) is -1.87. The summed E-state index contributed by atoms with van der Waals surface area (Å²) < 4.78 is 64.8. The molecular formula is C38H39ClF3N5O5S. The molecule has 0 unspecified atom stereocenters. The third-order valence-electron chi connectivity index (χ3n) is 9.18. The number of nitrogens with two attached hydrogens (primary N) is 1. The average Bonchev–Trinajstić information content (AvgIpc) is 3.34. The molecule has 0 saturated carbocycles. The van der Waals surface area contributed by atoms with Gasteiger partial charge in [0.15, 0.2) is 0 Å². The zero-order valence-electron chi connectivity index (χ0n) is 28.7. The van der Waals surface area contributed by atoms with Crippen LogP contribution in [0.2, 0.25) is 5.02 Å². The van der Waals surface area contributed by atoms with Crippen LogP contribution < -0.4 is 21.1 Å². The van der Waals surface area contributed by atoms with Crippen molar-refractivity contribution in [3.63, 3.8) is 0 Å². The highest BCUT2D eigenvalue weighted by Gasteiger charge is 2.41. The molecule has 2 aliphatic heterocycles. The maximum Gasteiger partial charge on any atom is 0.417 e. The smallest absolute Gasteiger partial charge is 0.366 e. The van der Waals surface area contributed by atoms with Gasteiger partial charge in [-0.1, -0.05) is 65.7 Å². The van der Waals surface area contributed by atoms with E-state index in [-0.39, 0.29) is 34.6 Å². The number of primary amides is 1. The standard InChI is InChI=1S/C30H33ClN4O4S.C8H6F3NO/c1-20-6-14-26(15-7-20)40(38,39)34-28-5-3-2-4-27(28)30(37)32-18-29(36)33-23-16-24-12-13-25(17-23)35(24)19-21-8-10-22(31)11-9-21;9-8(10,11)6-4-2-1-3-5(6)7(12)13/h2-11,14-15,23-25,34H,12-13,16-19H2,1H3,(H,32,37)(H,33,36);1-4H,(H2,12,13)/t23-,24+,25-;. The van der Waals surface area contributed by atoms with Gasteiger partial charge in [-0.05, 0) is 86.7 Å². The molecule has 2 aliphatic rings. The Bertz CT molecular complexity index is 2030. The van der Waals surface area contributed by atoms with Crippen LogP contribution in [0.25, 0.3) is 0 Å². The molecule has 2 saturated heterocycles. The Morgan fingerprint density at radius 2 is 1.43 bits per heavy atom. The van der Waals surface area contributed by atoms with Crippen molar-refractivity contribution in [2.24, 2.45) is 5.73 Å². The minimum Gasteiger partial charge on any atom is -0.366 e. The number of hydrogen-bond donors (Lipinski definition) is 4. The van der Waals surface area contributed by atoms with Crippen molar-refractivity contribution in [2.75, 3.05) is 11.3 Å². The van der Waals surface area contributed by atoms with Crippen molar-refractivity contribution in [3.8, 4) is 0 Å². The van der Waals surface area contributed by atoms with E-state index in [1.165, 1.54) is 42.0 Å². The zero-order valence-corrected chi connectivity index (χ0v) is 30.3. The van der Waals surface area contributed by atoms with Crippen LogP contribution in [0.15, 0.2) is 102 Å². The van der Waals surface area contributed by atoms with Gasteiger partial charge in [0, 0.05) is 29.7 Å². The predicted octanol–water partition coefficient (Wildman–Crippen LogP) is 6.30. The topological polar surface area (TPSA) is 151 Å². The Morgan fingerprint density at radius 1 is 0.849 bits per heavy atom. The highest BCUT2D eigenvalue weighted by atomic mass is 35.5. The zero-order chi connectivity index (χ0) is 38.3. The molecule has 53 heavy (non-hydrogen) atoms. The van der Waals surface area contributed by atoms with Gasteiger partial charge >= 0.3 is 6.18 Å². The summed E-state index contributed by atoms with van der Waals surface area (Å²) in [6, 6.07) is 26.0. The molecule has 2 bridgehead atoms. The number of carbonyl (C=O) groups is 3. The highest BCUT2D eigenvalue weighted by molar-refractivity contribution is 7.92. The molecule has 6 rings (SSSR count). The molecule has 4 aromatic rings. The third kappa shape index (κ3) is 10.4. The van der Waals surface area contributed by atoms with Crippen molar-refractivity contribution < 1.29 is 36.0 Å². The lowest BCUT2D eigenvalue weighted by Crippen LogP contribution is -2.51. The number of para-hydroxylation sites is 1. The molecule has 0 radical (unpaired) electrons. The first-order chi connectivity index (χ1) is 25.1. The quantitative estimate of drug-likeness (QED) is 0.149. The predicted molar refractivity (Wildman–Crippen MR) is 196 cm³/mol. The summed E-state index contributed by atoms with van der Waals surface area (Å²) in [5, 5.41) is 6.46. The van der Waals surface area contributed by atoms with Gasteiger partial charge in [0.1, 0.15) is 0 Å². The summed E-state index contributed by atoms with van der Waals surface area (Å²) in [5.41, 5.74) is 5.72. The molecule has 0 aromatic heterocycles. The Labute approximate surface area is 311 Å². The number of carbonyl (C=O) groups excluding carboxylic acids is 3. The maximum atomic E-state index is 12.9. The van der Waals surface area contributed by atoms with Gasteiger partial charge in [0.25, 0.3) is 15.9 Å². The van der Waals surface area contributed by atoms with Crippen LogP contribution in [0.1, 0.15) is 63.1 Å². The SMILES string of the molecule is Cc1ccc(S(=O)(=O)Nc2ccccc2C(=O)NCC(=O)N[C@H]2C[C@H]3CC[C@@H](C2)N3Cc2ccc(Cl)cc2)cc1.NC(=O)c1ccccc1C(F)(F)F. The summed E-state index contributed by atoms with van der Waals surface area (Å²) in [7, 11) is -3.89. The summed E-state index contributed by atoms with van der Waals surface area (Å²) in [6.45, 7) is 2.55. The molecule has 280 valence electrons. The second kappa shape index (κ2) is 16.8. The lowest BCUT2D eigenvalue weighted by atomic mass is 9.96. The van der Waals surface area contributed by atoms with E-state index in [2.05, 4.69) is 32.4 Å². The van der Waals surface area contributed by atoms with Gasteiger partial charge < -0.3 is 16.4 Å². The number of hydrogen-bond acceptors (Lipinski definition) is 6. The van der Waals surface area contributed by atoms with Crippen molar-refractivity contribution in [2.45, 2.75) is 68.3 Å². The van der Waals surface area contributed by atoms with Crippen LogP contribution in [0, 0.1) is 6.92 Å². The van der Waals surface area contributed by atoms with Crippen LogP contribution in [0.3, 0.4) is 0 Å². The summed E-state index contributed by atoms with van der Waals surface area (Å²) in [6.07, 6.45) is -0.584. The molecule has 3 atom stereocenters. The lowest BCUT2D eigenvalue weighted by molar-refractivity contribution is -0.138. The number of nitrogens with one attached hydrogen (secondary N) is 3. The van der Waals surface area contributed by atoms with Crippen LogP contribution in [0.5, 0.6) is 0 Å². The minimum absolute atomic E-state index is 0.0528. The van der Waals surface area contributed by atoms with E-state index in [1.54, 1.807) is 24.3 Å². The molecular weight excluding hydrogens is 731 g/mol. The fourth-order valence-electron chi connectivity index (χ4n) is 6.62. The van der Waals surface area contributed by atoms with Gasteiger partial charge in [-0.15, -0.1) is 0 Å². The van der Waals surface area contributed by atoms with Crippen molar-refractivity contribution in [3.05, 3.63) is 130 Å². The molecule has 15 heteroatoms. The number of anilines is 1. The summed E-state index contributed by atoms with van der Waals surface area (Å²) in [4.78, 5) is 38.9. The molecule has 2 fully saturated rings. The van der Waals surface area contributed by atoms with E-state index in [9.17, 15) is 36.0 Å². The number of benzene rings is 4. The highest BCUT2D eigenvalue weighted by Crippen LogP contribution is 2.37. The van der Waals surface area contributed by atoms with Gasteiger partial charge in [0.2, 0.25) is 11.8 Å². The fourth-order valence-corrected chi connectivity index (χ4v) is 7.83. The van der Waals surface area contributed by atoms with Crippen molar-refractivity contribution in [1.29, 1.82) is 0 Å². The first kappa shape index (κ1) is 39.3. The number of piperidine rings is 1. The third-order valence-corrected chi connectivity index (χ3v) is 10.8. The Kier molecular flexibility index (Phi) is 12.5. The number of alkyl halides is 3. The van der Waals surface area contributed by atoms with Gasteiger partial charge in [-0.3, -0.25) is 24.0 Å². The first-order valence-corrected chi connectivity index (χ1v) is 18.7. The molecule has 10 nitrogen and oxygen atoms in total. The molecule has 2 heterocycles. The van der Waals surface area contributed by atoms with Crippen molar-refractivity contribution in [1.82, 2.24) is 15.5 Å². The number of aryl methyl sites for hydroxylation is 1. The Morgan fingerprint density at radius 3 is 2.02 bits per heavy atom. The fraction of sp³-hybridized carbons (Fsp3) is 0.289. The number of nitrogens with zero attached hydrogens (tertiary/aromatic N) is 1. The van der Waals surface area contributed by atoms with Crippen LogP contribution in [-0.4, -0.2) is 55.7 Å². The van der Waals surface area contributed by atoms with E-state index in [0.717, 1.165) is 54.9 Å². The van der Waals surface area contributed by atoms with E-state index < -0.39 is 39.1 Å². The number of halogens is 4. The van der Waals surface area contributed by atoms with E-state index >= 15 is 0 Å². The minimum atomic E-state index is -4.54. The Hall–Kier alpha value is -4.92. The number of sulfonamides is 1. The van der Waals surface area contributed by atoms with Gasteiger partial charge in [0.05, 0.1) is 33.8 Å². The largest absolute Gasteiger partial charge is 0.417 e. The monoisotopic (exact) mass is 769 g/mol. The molecule has 0 aliphatic carbocycles. The van der Waals surface area contributed by atoms with E-state index in [4.69, 9.17) is 17.3 Å². The van der Waals surface area contributed by atoms with Crippen LogP contribution >= 0.6 is 11.6 Å². The second-order valence-electron chi connectivity index (χ2n) is 13.0. The normalized spacial score (nSPS) is 18.3. The average molecular weight is 770 g/mol. The molecule has 5 N–H and O–H groups in total. The van der Waals surface area contributed by atoms with Crippen molar-refractivity contribution >= 4 is 45.0 Å². The van der Waals surface area contributed by atoms with Gasteiger partial charge in [-0.25, -0.2) is 8.42 Å². The maximum absolute atomic E-state index is 12.9.